The van der Waals surface area contributed by atoms with Gasteiger partial charge >= 0.3 is 0 Å². The molecule has 3 nitrogen and oxygen atoms in total. The minimum absolute atomic E-state index is 0.736. The second-order valence-corrected chi connectivity index (χ2v) is 7.02. The second-order valence-electron chi connectivity index (χ2n) is 7.02. The number of hydrogen-bond donors (Lipinski definition) is 1. The van der Waals surface area contributed by atoms with Gasteiger partial charge in [0.05, 0.1) is 0 Å². The first-order chi connectivity index (χ1) is 10.8. The molecule has 1 aromatic heterocycles. The summed E-state index contributed by atoms with van der Waals surface area (Å²) < 4.78 is 2.30. The Morgan fingerprint density at radius 3 is 2.77 bits per heavy atom. The fourth-order valence-corrected chi connectivity index (χ4v) is 4.52. The lowest BCUT2D eigenvalue weighted by Gasteiger charge is -2.39. The molecule has 1 saturated heterocycles. The van der Waals surface area contributed by atoms with Crippen LogP contribution in [0.1, 0.15) is 37.2 Å². The highest BCUT2D eigenvalue weighted by molar-refractivity contribution is 5.84. The lowest BCUT2D eigenvalue weighted by molar-refractivity contribution is 0.131. The van der Waals surface area contributed by atoms with E-state index >= 15 is 0 Å². The molecule has 118 valence electrons. The van der Waals surface area contributed by atoms with E-state index in [-0.39, 0.29) is 0 Å². The number of para-hydroxylation sites is 1. The maximum Gasteiger partial charge on any atom is 0.0480 e. The Bertz CT molecular complexity index is 639. The van der Waals surface area contributed by atoms with Gasteiger partial charge in [-0.2, -0.15) is 0 Å². The number of aromatic nitrogens is 1. The molecule has 0 spiro atoms. The molecule has 0 bridgehead atoms. The highest BCUT2D eigenvalue weighted by Gasteiger charge is 2.29. The third-order valence-corrected chi connectivity index (χ3v) is 5.68. The largest absolute Gasteiger partial charge is 0.350 e. The van der Waals surface area contributed by atoms with Crippen LogP contribution in [0, 0.1) is 0 Å². The predicted molar refractivity (Wildman–Crippen MR) is 92.4 cm³/mol. The van der Waals surface area contributed by atoms with Crippen LogP contribution in [0.4, 0.5) is 0 Å². The molecule has 2 aliphatic rings. The number of benzene rings is 1. The maximum absolute atomic E-state index is 3.48. The zero-order valence-electron chi connectivity index (χ0n) is 13.6. The molecule has 1 saturated carbocycles. The SMILES string of the molecule is Cn1cc(C2CCCC(N3CCNCC3)C2)c2ccccc21. The van der Waals surface area contributed by atoms with Gasteiger partial charge in [-0.3, -0.25) is 4.90 Å². The van der Waals surface area contributed by atoms with Crippen molar-refractivity contribution in [2.24, 2.45) is 7.05 Å². The maximum atomic E-state index is 3.48. The number of nitrogens with one attached hydrogen (secondary N) is 1. The number of hydrogen-bond acceptors (Lipinski definition) is 2. The molecule has 1 N–H and O–H groups in total. The molecule has 2 heterocycles. The Hall–Kier alpha value is -1.32. The monoisotopic (exact) mass is 297 g/mol. The fraction of sp³-hybridized carbons (Fsp3) is 0.579. The van der Waals surface area contributed by atoms with Crippen LogP contribution in [0.5, 0.6) is 0 Å². The van der Waals surface area contributed by atoms with Crippen molar-refractivity contribution in [3.05, 3.63) is 36.0 Å². The zero-order chi connectivity index (χ0) is 14.9. The van der Waals surface area contributed by atoms with Gasteiger partial charge in [0, 0.05) is 56.4 Å². The highest BCUT2D eigenvalue weighted by atomic mass is 15.2. The van der Waals surface area contributed by atoms with Crippen LogP contribution in [-0.2, 0) is 7.05 Å². The van der Waals surface area contributed by atoms with E-state index in [1.165, 1.54) is 49.7 Å². The van der Waals surface area contributed by atoms with Crippen LogP contribution < -0.4 is 5.32 Å². The normalized spacial score (nSPS) is 27.3. The van der Waals surface area contributed by atoms with Crippen LogP contribution in [0.25, 0.3) is 10.9 Å². The first-order valence-electron chi connectivity index (χ1n) is 8.81. The van der Waals surface area contributed by atoms with Gasteiger partial charge in [0.25, 0.3) is 0 Å². The molecule has 0 amide bonds. The minimum atomic E-state index is 0.736. The average Bonchev–Trinajstić information content (AvgIpc) is 2.93. The predicted octanol–water partition coefficient (Wildman–Crippen LogP) is 3.11. The zero-order valence-corrected chi connectivity index (χ0v) is 13.6. The van der Waals surface area contributed by atoms with Gasteiger partial charge in [-0.15, -0.1) is 0 Å². The van der Waals surface area contributed by atoms with E-state index in [1.54, 1.807) is 5.56 Å². The Morgan fingerprint density at radius 1 is 1.09 bits per heavy atom. The molecule has 1 aromatic carbocycles. The van der Waals surface area contributed by atoms with Crippen molar-refractivity contribution in [2.45, 2.75) is 37.6 Å². The summed E-state index contributed by atoms with van der Waals surface area (Å²) in [4.78, 5) is 2.73. The number of fused-ring (bicyclic) bond motifs is 1. The molecule has 2 aromatic rings. The van der Waals surface area contributed by atoms with Crippen molar-refractivity contribution in [2.75, 3.05) is 26.2 Å². The van der Waals surface area contributed by atoms with Crippen LogP contribution >= 0.6 is 0 Å². The molecule has 0 radical (unpaired) electrons. The topological polar surface area (TPSA) is 20.2 Å². The van der Waals surface area contributed by atoms with Gasteiger partial charge in [0.1, 0.15) is 0 Å². The Balaban J connectivity index is 1.58. The lowest BCUT2D eigenvalue weighted by Crippen LogP contribution is -2.49. The van der Waals surface area contributed by atoms with E-state index in [2.05, 4.69) is 52.3 Å². The van der Waals surface area contributed by atoms with E-state index in [9.17, 15) is 0 Å². The Morgan fingerprint density at radius 2 is 1.91 bits per heavy atom. The molecule has 4 rings (SSSR count). The molecular weight excluding hydrogens is 270 g/mol. The van der Waals surface area contributed by atoms with Gasteiger partial charge in [-0.25, -0.2) is 0 Å². The number of nitrogens with zero attached hydrogens (tertiary/aromatic N) is 2. The van der Waals surface area contributed by atoms with Crippen LogP contribution in [0.15, 0.2) is 30.5 Å². The van der Waals surface area contributed by atoms with Crippen LogP contribution in [-0.4, -0.2) is 41.7 Å². The van der Waals surface area contributed by atoms with Gasteiger partial charge in [-0.05, 0) is 36.8 Å². The first kappa shape index (κ1) is 14.3. The first-order valence-corrected chi connectivity index (χ1v) is 8.81. The van der Waals surface area contributed by atoms with Crippen molar-refractivity contribution in [1.82, 2.24) is 14.8 Å². The number of aryl methyl sites for hydroxylation is 1. The lowest BCUT2D eigenvalue weighted by atomic mass is 9.80. The molecule has 1 aliphatic heterocycles. The van der Waals surface area contributed by atoms with Crippen molar-refractivity contribution in [3.8, 4) is 0 Å². The standard InChI is InChI=1S/C19H27N3/c1-21-14-18(17-7-2-3-8-19(17)21)15-5-4-6-16(13-15)22-11-9-20-10-12-22/h2-3,7-8,14-16,20H,4-6,9-13H2,1H3. The molecule has 1 aliphatic carbocycles. The summed E-state index contributed by atoms with van der Waals surface area (Å²) in [5.41, 5.74) is 2.96. The van der Waals surface area contributed by atoms with Crippen molar-refractivity contribution in [1.29, 1.82) is 0 Å². The molecule has 2 fully saturated rings. The van der Waals surface area contributed by atoms with Gasteiger partial charge in [-0.1, -0.05) is 24.6 Å². The van der Waals surface area contributed by atoms with E-state index < -0.39 is 0 Å². The summed E-state index contributed by atoms with van der Waals surface area (Å²) in [6.07, 6.45) is 7.85. The van der Waals surface area contributed by atoms with E-state index in [0.717, 1.165) is 25.0 Å². The van der Waals surface area contributed by atoms with Gasteiger partial charge in [0.2, 0.25) is 0 Å². The van der Waals surface area contributed by atoms with Gasteiger partial charge in [0.15, 0.2) is 0 Å². The van der Waals surface area contributed by atoms with E-state index in [1.807, 2.05) is 0 Å². The van der Waals surface area contributed by atoms with Gasteiger partial charge < -0.3 is 9.88 Å². The average molecular weight is 297 g/mol. The summed E-state index contributed by atoms with van der Waals surface area (Å²) in [7, 11) is 2.18. The molecule has 22 heavy (non-hydrogen) atoms. The molecule has 2 atom stereocenters. The quantitative estimate of drug-likeness (QED) is 0.919. The summed E-state index contributed by atoms with van der Waals surface area (Å²) in [6, 6.07) is 9.67. The Labute approximate surface area is 133 Å². The summed E-state index contributed by atoms with van der Waals surface area (Å²) in [5.74, 6) is 0.736. The highest BCUT2D eigenvalue weighted by Crippen LogP contribution is 2.38. The van der Waals surface area contributed by atoms with E-state index in [4.69, 9.17) is 0 Å². The third-order valence-electron chi connectivity index (χ3n) is 5.68. The molecule has 2 unspecified atom stereocenters. The van der Waals surface area contributed by atoms with Crippen LogP contribution in [0.3, 0.4) is 0 Å². The molecular formula is C19H27N3. The number of piperazine rings is 1. The summed E-state index contributed by atoms with van der Waals surface area (Å²) in [6.45, 7) is 4.78. The Kier molecular flexibility index (Phi) is 3.93. The smallest absolute Gasteiger partial charge is 0.0480 e. The minimum Gasteiger partial charge on any atom is -0.350 e. The van der Waals surface area contributed by atoms with E-state index in [0.29, 0.717) is 0 Å². The third kappa shape index (κ3) is 2.57. The van der Waals surface area contributed by atoms with Crippen molar-refractivity contribution < 1.29 is 0 Å². The summed E-state index contributed by atoms with van der Waals surface area (Å²) >= 11 is 0. The van der Waals surface area contributed by atoms with Crippen molar-refractivity contribution in [3.63, 3.8) is 0 Å². The van der Waals surface area contributed by atoms with Crippen molar-refractivity contribution >= 4 is 10.9 Å². The number of rotatable bonds is 2. The molecule has 3 heteroatoms. The second kappa shape index (κ2) is 6.05. The van der Waals surface area contributed by atoms with Crippen LogP contribution in [0.2, 0.25) is 0 Å². The fourth-order valence-electron chi connectivity index (χ4n) is 4.52. The summed E-state index contributed by atoms with van der Waals surface area (Å²) in [5, 5.41) is 4.95.